The number of sulfone groups is 2. The largest absolute Gasteiger partial charge is 0.308 e. The summed E-state index contributed by atoms with van der Waals surface area (Å²) < 4.78 is 58.7. The summed E-state index contributed by atoms with van der Waals surface area (Å²) in [6.07, 6.45) is 17.9. The number of benzene rings is 2. The van der Waals surface area contributed by atoms with Gasteiger partial charge in [-0.15, -0.1) is 0 Å². The molecule has 0 fully saturated rings. The molecule has 45 heavy (non-hydrogen) atoms. The molecule has 0 amide bonds. The first-order valence-corrected chi connectivity index (χ1v) is 21.1. The van der Waals surface area contributed by atoms with Crippen molar-refractivity contribution < 1.29 is 21.6 Å². The number of hydrogen-bond donors (Lipinski definition) is 4. The summed E-state index contributed by atoms with van der Waals surface area (Å²) in [6, 6.07) is 14.6. The summed E-state index contributed by atoms with van der Waals surface area (Å²) in [5, 5.41) is -7.68. The maximum atomic E-state index is 13.2. The van der Waals surface area contributed by atoms with Crippen LogP contribution < -0.4 is 11.5 Å². The average Bonchev–Trinajstić information content (AvgIpc) is 2.99. The smallest absolute Gasteiger partial charge is 0.238 e. The van der Waals surface area contributed by atoms with Crippen molar-refractivity contribution in [1.29, 1.82) is 0 Å². The highest BCUT2D eigenvalue weighted by Gasteiger charge is 2.56. The lowest BCUT2D eigenvalue weighted by atomic mass is 10.0. The highest BCUT2D eigenvalue weighted by molar-refractivity contribution is 7.94. The fraction of sp³-hybridized carbons (Fsp3) is 0.647. The van der Waals surface area contributed by atoms with Crippen LogP contribution in [0.25, 0.3) is 0 Å². The van der Waals surface area contributed by atoms with Crippen LogP contribution in [0.2, 0.25) is 0 Å². The van der Waals surface area contributed by atoms with E-state index in [9.17, 15) is 16.8 Å². The summed E-state index contributed by atoms with van der Waals surface area (Å²) in [4.78, 5) is 0. The van der Waals surface area contributed by atoms with Crippen molar-refractivity contribution in [1.82, 2.24) is 0 Å². The first kappa shape index (κ1) is 40.1. The fourth-order valence-corrected chi connectivity index (χ4v) is 8.65. The van der Waals surface area contributed by atoms with Crippen molar-refractivity contribution in [2.45, 2.75) is 124 Å². The molecule has 2 aromatic carbocycles. The molecular weight excluding hydrogens is 645 g/mol. The van der Waals surface area contributed by atoms with Gasteiger partial charge in [0.1, 0.15) is 0 Å². The lowest BCUT2D eigenvalue weighted by molar-refractivity contribution is -0.0630. The third-order valence-electron chi connectivity index (χ3n) is 8.47. The Balaban J connectivity index is 2.25. The number of nitrogens with two attached hydrogens (primary N) is 2. The van der Waals surface area contributed by atoms with E-state index in [4.69, 9.17) is 16.2 Å². The van der Waals surface area contributed by atoms with Gasteiger partial charge in [-0.1, -0.05) is 127 Å². The number of aryl methyl sites for hydroxylation is 2. The maximum Gasteiger partial charge on any atom is 0.238 e. The van der Waals surface area contributed by atoms with Gasteiger partial charge in [0.15, 0.2) is 19.7 Å². The van der Waals surface area contributed by atoms with E-state index in [1.165, 1.54) is 51.4 Å². The number of unbranched alkanes of at least 4 members (excludes halogenated alkanes) is 10. The van der Waals surface area contributed by atoms with Crippen LogP contribution >= 0.6 is 25.3 Å². The molecule has 0 aliphatic carbocycles. The molecule has 0 heterocycles. The molecule has 2 aromatic rings. The summed E-state index contributed by atoms with van der Waals surface area (Å²) in [6.45, 7) is 4.39. The lowest BCUT2D eigenvalue weighted by Crippen LogP contribution is -2.64. The average molecular weight is 701 g/mol. The van der Waals surface area contributed by atoms with Crippen LogP contribution in [-0.4, -0.2) is 39.5 Å². The number of hydrogen-bond acceptors (Lipinski definition) is 9. The zero-order valence-electron chi connectivity index (χ0n) is 27.6. The Labute approximate surface area is 284 Å². The summed E-state index contributed by atoms with van der Waals surface area (Å²) >= 11 is 9.16. The first-order chi connectivity index (χ1) is 21.1. The van der Waals surface area contributed by atoms with Crippen LogP contribution in [0.1, 0.15) is 124 Å². The lowest BCUT2D eigenvalue weighted by Gasteiger charge is -2.42. The molecule has 0 bridgehead atoms. The Hall–Kier alpha value is -1.08. The minimum atomic E-state index is -4.28. The van der Waals surface area contributed by atoms with Gasteiger partial charge in [-0.2, -0.15) is 25.3 Å². The standard InChI is InChI=1S/C34H56N2O5S4/c1-5-7-9-11-13-15-17-27-19-23-29(24-20-27)31(42)33(35,44(3,37)38)41-34(36,45(4,39)40)32(43)30-25-21-28(22-26-30)18-16-14-12-10-8-6-2/h19-26,31-32,42-43H,5-18,35-36H2,1-4H3. The molecule has 256 valence electrons. The van der Waals surface area contributed by atoms with E-state index in [0.29, 0.717) is 11.1 Å². The summed E-state index contributed by atoms with van der Waals surface area (Å²) in [5.74, 6) is 0. The second kappa shape index (κ2) is 18.5. The summed E-state index contributed by atoms with van der Waals surface area (Å²) in [5.41, 5.74) is 16.1. The van der Waals surface area contributed by atoms with Crippen molar-refractivity contribution in [3.8, 4) is 0 Å². The SMILES string of the molecule is CCCCCCCCc1ccc(C(S)C(N)(OC(N)(C(S)c2ccc(CCCCCCCC)cc2)S(C)(=O)=O)S(C)(=O)=O)cc1. The van der Waals surface area contributed by atoms with Crippen molar-refractivity contribution in [3.63, 3.8) is 0 Å². The zero-order valence-corrected chi connectivity index (χ0v) is 31.0. The van der Waals surface area contributed by atoms with Crippen LogP contribution in [0, 0.1) is 0 Å². The van der Waals surface area contributed by atoms with Gasteiger partial charge in [-0.05, 0) is 47.9 Å². The molecule has 0 spiro atoms. The van der Waals surface area contributed by atoms with Gasteiger partial charge in [0.25, 0.3) is 0 Å². The Kier molecular flexibility index (Phi) is 16.4. The van der Waals surface area contributed by atoms with E-state index < -0.39 is 40.3 Å². The molecule has 0 aliphatic heterocycles. The van der Waals surface area contributed by atoms with E-state index in [0.717, 1.165) is 62.2 Å². The normalized spacial score (nSPS) is 16.5. The first-order valence-electron chi connectivity index (χ1n) is 16.3. The van der Waals surface area contributed by atoms with Gasteiger partial charge in [-0.3, -0.25) is 11.5 Å². The third kappa shape index (κ3) is 11.5. The van der Waals surface area contributed by atoms with Crippen LogP contribution in [-0.2, 0) is 37.3 Å². The Morgan fingerprint density at radius 3 is 1.16 bits per heavy atom. The Bertz CT molecular complexity index is 1260. The Morgan fingerprint density at radius 1 is 0.578 bits per heavy atom. The molecule has 0 aromatic heterocycles. The predicted octanol–water partition coefficient (Wildman–Crippen LogP) is 7.47. The number of rotatable bonds is 22. The molecule has 2 rings (SSSR count). The van der Waals surface area contributed by atoms with Gasteiger partial charge in [0.2, 0.25) is 10.1 Å². The molecular formula is C34H56N2O5S4. The molecule has 0 aliphatic rings. The monoisotopic (exact) mass is 700 g/mol. The minimum absolute atomic E-state index is 0.462. The van der Waals surface area contributed by atoms with E-state index >= 15 is 0 Å². The molecule has 11 heteroatoms. The Morgan fingerprint density at radius 2 is 0.867 bits per heavy atom. The molecule has 0 radical (unpaired) electrons. The van der Waals surface area contributed by atoms with E-state index in [-0.39, 0.29) is 0 Å². The van der Waals surface area contributed by atoms with Gasteiger partial charge in [-0.25, -0.2) is 16.8 Å². The third-order valence-corrected chi connectivity index (χ3v) is 13.1. The zero-order chi connectivity index (χ0) is 33.7. The van der Waals surface area contributed by atoms with Crippen molar-refractivity contribution in [3.05, 3.63) is 70.8 Å². The highest BCUT2D eigenvalue weighted by Crippen LogP contribution is 2.43. The van der Waals surface area contributed by atoms with Crippen LogP contribution in [0.5, 0.6) is 0 Å². The predicted molar refractivity (Wildman–Crippen MR) is 195 cm³/mol. The van der Waals surface area contributed by atoms with Crippen LogP contribution in [0.4, 0.5) is 0 Å². The van der Waals surface area contributed by atoms with Crippen LogP contribution in [0.15, 0.2) is 48.5 Å². The molecule has 7 nitrogen and oxygen atoms in total. The van der Waals surface area contributed by atoms with Gasteiger partial charge in [0, 0.05) is 12.5 Å². The topological polar surface area (TPSA) is 130 Å². The van der Waals surface area contributed by atoms with Crippen molar-refractivity contribution in [2.24, 2.45) is 11.5 Å². The van der Waals surface area contributed by atoms with Gasteiger partial charge in [0.05, 0.1) is 10.5 Å². The fourth-order valence-electron chi connectivity index (χ4n) is 5.33. The minimum Gasteiger partial charge on any atom is -0.308 e. The number of ether oxygens (including phenoxy) is 1. The van der Waals surface area contributed by atoms with Gasteiger partial charge < -0.3 is 4.74 Å². The van der Waals surface area contributed by atoms with E-state index in [1.54, 1.807) is 24.3 Å². The number of thiol groups is 2. The van der Waals surface area contributed by atoms with Crippen LogP contribution in [0.3, 0.4) is 0 Å². The molecule has 4 N–H and O–H groups in total. The van der Waals surface area contributed by atoms with E-state index in [2.05, 4.69) is 39.1 Å². The quantitative estimate of drug-likeness (QED) is 0.0570. The molecule has 4 atom stereocenters. The highest BCUT2D eigenvalue weighted by atomic mass is 32.2. The van der Waals surface area contributed by atoms with Crippen molar-refractivity contribution >= 4 is 44.9 Å². The molecule has 0 saturated heterocycles. The second-order valence-corrected chi connectivity index (χ2v) is 17.8. The summed E-state index contributed by atoms with van der Waals surface area (Å²) in [7, 11) is -8.56. The molecule has 4 unspecified atom stereocenters. The van der Waals surface area contributed by atoms with Crippen molar-refractivity contribution in [2.75, 3.05) is 12.5 Å². The second-order valence-electron chi connectivity index (χ2n) is 12.4. The molecule has 0 saturated carbocycles. The maximum absolute atomic E-state index is 13.2. The van der Waals surface area contributed by atoms with E-state index in [1.807, 2.05) is 24.3 Å². The van der Waals surface area contributed by atoms with Gasteiger partial charge >= 0.3 is 0 Å².